The molecule has 0 aromatic carbocycles. The van der Waals surface area contributed by atoms with Crippen LogP contribution in [0.15, 0.2) is 0 Å². The molecule has 0 aliphatic carbocycles. The molecule has 0 rings (SSSR count). The average Bonchev–Trinajstić information content (AvgIpc) is 1.64. The van der Waals surface area contributed by atoms with E-state index in [1.807, 2.05) is 0 Å². The standard InChI is InChI=1S/CHF3O3S.Sn.3H/c2-1(3,4)8(5,6)7;;;;/h(H,5,6,7);;;;/q;+1;;;/p-1. The summed E-state index contributed by atoms with van der Waals surface area (Å²) in [6, 6.07) is 0. The molecule has 0 aliphatic rings. The van der Waals surface area contributed by atoms with Gasteiger partial charge in [-0.15, -0.1) is 0 Å². The van der Waals surface area contributed by atoms with Gasteiger partial charge in [0.05, 0.1) is 0 Å². The van der Waals surface area contributed by atoms with Gasteiger partial charge in [0.2, 0.25) is 0 Å². The van der Waals surface area contributed by atoms with Gasteiger partial charge in [-0.3, -0.25) is 0 Å². The Morgan fingerprint density at radius 2 is 1.67 bits per heavy atom. The summed E-state index contributed by atoms with van der Waals surface area (Å²) in [7, 11) is -5.24. The van der Waals surface area contributed by atoms with Gasteiger partial charge in [-0.25, -0.2) is 0 Å². The zero-order valence-corrected chi connectivity index (χ0v) is 10.8. The summed E-state index contributed by atoms with van der Waals surface area (Å²) in [5.41, 5.74) is -5.25. The van der Waals surface area contributed by atoms with Crippen LogP contribution in [0.2, 0.25) is 0 Å². The van der Waals surface area contributed by atoms with E-state index in [1.54, 1.807) is 0 Å². The fraction of sp³-hybridized carbons (Fsp3) is 1.00. The summed E-state index contributed by atoms with van der Waals surface area (Å²) in [6.45, 7) is 0. The zero-order valence-electron chi connectivity index (χ0n) is 4.27. The Bertz CT molecular complexity index is 180. The molecule has 0 amide bonds. The van der Waals surface area contributed by atoms with Crippen LogP contribution in [0.4, 0.5) is 13.2 Å². The zero-order chi connectivity index (χ0) is 7.71. The number of alkyl halides is 3. The molecule has 3 nitrogen and oxygen atoms in total. The minimum atomic E-state index is -5.25. The molecule has 56 valence electrons. The number of rotatable bonds is 1. The van der Waals surface area contributed by atoms with E-state index in [2.05, 4.69) is 2.52 Å². The van der Waals surface area contributed by atoms with Crippen LogP contribution < -0.4 is 0 Å². The molecule has 0 saturated carbocycles. The molecule has 8 heteroatoms. The van der Waals surface area contributed by atoms with E-state index < -0.39 is 38.6 Å². The van der Waals surface area contributed by atoms with E-state index >= 15 is 0 Å². The third-order valence-electron chi connectivity index (χ3n) is 0.503. The van der Waals surface area contributed by atoms with Crippen LogP contribution in [0, 0.1) is 0 Å². The third kappa shape index (κ3) is 2.30. The van der Waals surface area contributed by atoms with Crippen molar-refractivity contribution >= 4 is 33.1 Å². The molecule has 0 aromatic heterocycles. The van der Waals surface area contributed by atoms with Crippen molar-refractivity contribution in [3.8, 4) is 0 Å². The molecule has 0 saturated heterocycles. The minimum absolute atomic E-state index is 0.954. The molecule has 0 fully saturated rings. The normalized spacial score (nSPS) is 14.1. The predicted molar refractivity (Wildman–Crippen MR) is 26.0 cm³/mol. The van der Waals surface area contributed by atoms with Crippen molar-refractivity contribution in [3.63, 3.8) is 0 Å². The van der Waals surface area contributed by atoms with Crippen LogP contribution in [0.3, 0.4) is 0 Å². The van der Waals surface area contributed by atoms with E-state index in [0.29, 0.717) is 0 Å². The van der Waals surface area contributed by atoms with Crippen LogP contribution in [0.5, 0.6) is 0 Å². The van der Waals surface area contributed by atoms with Crippen molar-refractivity contribution < 1.29 is 24.1 Å². The average molecular weight is 271 g/mol. The third-order valence-corrected chi connectivity index (χ3v) is 5.27. The maximum absolute atomic E-state index is 11.2. The van der Waals surface area contributed by atoms with E-state index in [9.17, 15) is 21.6 Å². The molecule has 0 spiro atoms. The van der Waals surface area contributed by atoms with Crippen LogP contribution in [0.25, 0.3) is 0 Å². The molecular weight excluding hydrogens is 268 g/mol. The van der Waals surface area contributed by atoms with E-state index in [-0.39, 0.29) is 0 Å². The second-order valence-corrected chi connectivity index (χ2v) is 5.63. The molecule has 0 radical (unpaired) electrons. The molecule has 0 unspecified atom stereocenters. The predicted octanol–water partition coefficient (Wildman–Crippen LogP) is -0.867. The SMILES string of the molecule is O=S(=O)([O][SnH3])C(F)(F)F. The van der Waals surface area contributed by atoms with E-state index in [4.69, 9.17) is 0 Å². The quantitative estimate of drug-likeness (QED) is 0.460. The first-order valence-corrected chi connectivity index (χ1v) is 5.42. The van der Waals surface area contributed by atoms with Gasteiger partial charge in [0.25, 0.3) is 0 Å². The van der Waals surface area contributed by atoms with Gasteiger partial charge in [0.15, 0.2) is 0 Å². The summed E-state index contributed by atoms with van der Waals surface area (Å²) in [5.74, 6) is 0. The molecule has 0 N–H and O–H groups in total. The van der Waals surface area contributed by atoms with Gasteiger partial charge in [0, 0.05) is 0 Å². The fourth-order valence-electron chi connectivity index (χ4n) is 0.0945. The fourth-order valence-corrected chi connectivity index (χ4v) is 1.90. The number of hydrogen-bond donors (Lipinski definition) is 0. The maximum atomic E-state index is 11.2. The molecule has 0 aliphatic heterocycles. The first kappa shape index (κ1) is 9.50. The molecule has 0 atom stereocenters. The second-order valence-electron chi connectivity index (χ2n) is 1.07. The Morgan fingerprint density at radius 3 is 1.67 bits per heavy atom. The Balaban J connectivity index is 4.57. The number of hydrogen-bond acceptors (Lipinski definition) is 3. The molecular formula is CH3F3O3SSn. The Morgan fingerprint density at radius 1 is 1.33 bits per heavy atom. The summed E-state index contributed by atoms with van der Waals surface area (Å²) >= 11 is -0.954. The topological polar surface area (TPSA) is 43.4 Å². The van der Waals surface area contributed by atoms with Crippen molar-refractivity contribution in [2.24, 2.45) is 0 Å². The Labute approximate surface area is 62.9 Å². The van der Waals surface area contributed by atoms with Crippen LogP contribution >= 0.6 is 0 Å². The van der Waals surface area contributed by atoms with Gasteiger partial charge in [0.1, 0.15) is 0 Å². The van der Waals surface area contributed by atoms with Gasteiger partial charge in [-0.1, -0.05) is 0 Å². The summed E-state index contributed by atoms with van der Waals surface area (Å²) in [5, 5.41) is 0. The molecule has 0 aromatic rings. The van der Waals surface area contributed by atoms with Gasteiger partial charge in [-0.2, -0.15) is 0 Å². The van der Waals surface area contributed by atoms with Crippen LogP contribution in [0.1, 0.15) is 0 Å². The van der Waals surface area contributed by atoms with Gasteiger partial charge in [-0.05, 0) is 0 Å². The van der Waals surface area contributed by atoms with Crippen LogP contribution in [-0.2, 0) is 12.6 Å². The first-order chi connectivity index (χ1) is 3.81. The van der Waals surface area contributed by atoms with E-state index in [1.165, 1.54) is 0 Å². The van der Waals surface area contributed by atoms with Crippen molar-refractivity contribution in [1.29, 1.82) is 0 Å². The molecule has 9 heavy (non-hydrogen) atoms. The van der Waals surface area contributed by atoms with Gasteiger partial charge >= 0.3 is 62.7 Å². The first-order valence-electron chi connectivity index (χ1n) is 1.68. The number of halogens is 3. The molecule has 0 bridgehead atoms. The summed E-state index contributed by atoms with van der Waals surface area (Å²) in [4.78, 5) is 0. The Hall–Kier alpha value is 0.499. The van der Waals surface area contributed by atoms with Crippen molar-refractivity contribution in [3.05, 3.63) is 0 Å². The second kappa shape index (κ2) is 2.62. The van der Waals surface area contributed by atoms with Crippen molar-refractivity contribution in [2.75, 3.05) is 0 Å². The van der Waals surface area contributed by atoms with Gasteiger partial charge < -0.3 is 0 Å². The summed E-state index contributed by atoms with van der Waals surface area (Å²) < 4.78 is 56.3. The molecule has 0 heterocycles. The van der Waals surface area contributed by atoms with Crippen molar-refractivity contribution in [2.45, 2.75) is 5.51 Å². The Kier molecular flexibility index (Phi) is 2.77. The van der Waals surface area contributed by atoms with E-state index in [0.717, 1.165) is 0 Å². The summed E-state index contributed by atoms with van der Waals surface area (Å²) in [6.07, 6.45) is 0. The van der Waals surface area contributed by atoms with Crippen molar-refractivity contribution in [1.82, 2.24) is 0 Å². The monoisotopic (exact) mass is 272 g/mol. The van der Waals surface area contributed by atoms with Crippen LogP contribution in [-0.4, -0.2) is 36.9 Å².